The lowest BCUT2D eigenvalue weighted by molar-refractivity contribution is -0.123. The molecule has 5 N–H and O–H groups in total. The van der Waals surface area contributed by atoms with Crippen LogP contribution in [0.25, 0.3) is 0 Å². The monoisotopic (exact) mass is 279 g/mol. The van der Waals surface area contributed by atoms with Crippen molar-refractivity contribution in [3.05, 3.63) is 29.8 Å². The topological polar surface area (TPSA) is 117 Å². The van der Waals surface area contributed by atoms with Gasteiger partial charge in [0.2, 0.25) is 11.8 Å². The Morgan fingerprint density at radius 3 is 2.70 bits per heavy atom. The highest BCUT2D eigenvalue weighted by atomic mass is 16.7. The lowest BCUT2D eigenvalue weighted by Crippen LogP contribution is -2.39. The van der Waals surface area contributed by atoms with Crippen molar-refractivity contribution < 1.29 is 19.1 Å². The molecule has 1 aliphatic heterocycles. The number of ether oxygens (including phenoxy) is 2. The summed E-state index contributed by atoms with van der Waals surface area (Å²) in [7, 11) is 0. The maximum atomic E-state index is 11.8. The largest absolute Gasteiger partial charge is 0.370 e. The van der Waals surface area contributed by atoms with Gasteiger partial charge < -0.3 is 26.3 Å². The summed E-state index contributed by atoms with van der Waals surface area (Å²) in [5.41, 5.74) is 11.9. The number of nitrogens with one attached hydrogen (secondary N) is 1. The first kappa shape index (κ1) is 14.4. The van der Waals surface area contributed by atoms with Crippen LogP contribution in [-0.2, 0) is 19.1 Å². The smallest absolute Gasteiger partial charge is 0.241 e. The fraction of sp³-hybridized carbons (Fsp3) is 0.385. The Labute approximate surface area is 116 Å². The summed E-state index contributed by atoms with van der Waals surface area (Å²) in [6.45, 7) is 1.09. The Bertz CT molecular complexity index is 500. The third-order valence-corrected chi connectivity index (χ3v) is 2.81. The maximum absolute atomic E-state index is 11.8. The lowest BCUT2D eigenvalue weighted by atomic mass is 10.1. The van der Waals surface area contributed by atoms with Crippen LogP contribution in [0.3, 0.4) is 0 Å². The van der Waals surface area contributed by atoms with E-state index >= 15 is 0 Å². The summed E-state index contributed by atoms with van der Waals surface area (Å²) >= 11 is 0. The van der Waals surface area contributed by atoms with Crippen molar-refractivity contribution in [2.24, 2.45) is 11.5 Å². The highest BCUT2D eigenvalue weighted by Gasteiger charge is 2.20. The molecule has 0 aliphatic carbocycles. The van der Waals surface area contributed by atoms with Crippen LogP contribution in [0.1, 0.15) is 18.3 Å². The molecule has 0 spiro atoms. The standard InChI is InChI=1S/C13H17N3O4/c14-10(7-11(15)17)12(18)16-9-3-1-2-8(6-9)13-19-4-5-20-13/h1-3,6,10,13H,4-5,7,14H2,(H2,15,17)(H,16,18). The Hall–Kier alpha value is -1.96. The molecular weight excluding hydrogens is 262 g/mol. The predicted molar refractivity (Wildman–Crippen MR) is 71.5 cm³/mol. The Morgan fingerprint density at radius 1 is 1.35 bits per heavy atom. The molecule has 1 atom stereocenters. The minimum atomic E-state index is -0.963. The van der Waals surface area contributed by atoms with E-state index in [1.54, 1.807) is 18.2 Å². The van der Waals surface area contributed by atoms with E-state index in [1.807, 2.05) is 6.07 Å². The summed E-state index contributed by atoms with van der Waals surface area (Å²) in [5.74, 6) is -1.08. The predicted octanol–water partition coefficient (Wildman–Crippen LogP) is -0.127. The van der Waals surface area contributed by atoms with E-state index in [-0.39, 0.29) is 6.42 Å². The fourth-order valence-corrected chi connectivity index (χ4v) is 1.86. The molecule has 2 amide bonds. The first-order chi connectivity index (χ1) is 9.56. The van der Waals surface area contributed by atoms with Gasteiger partial charge in [-0.3, -0.25) is 9.59 Å². The van der Waals surface area contributed by atoms with Crippen LogP contribution >= 0.6 is 0 Å². The summed E-state index contributed by atoms with van der Waals surface area (Å²) in [4.78, 5) is 22.5. The molecule has 1 saturated heterocycles. The van der Waals surface area contributed by atoms with Crippen molar-refractivity contribution in [2.75, 3.05) is 18.5 Å². The highest BCUT2D eigenvalue weighted by Crippen LogP contribution is 2.25. The van der Waals surface area contributed by atoms with Crippen molar-refractivity contribution in [3.63, 3.8) is 0 Å². The van der Waals surface area contributed by atoms with Gasteiger partial charge in [-0.15, -0.1) is 0 Å². The van der Waals surface area contributed by atoms with E-state index in [2.05, 4.69) is 5.32 Å². The zero-order chi connectivity index (χ0) is 14.5. The maximum Gasteiger partial charge on any atom is 0.241 e. The molecule has 1 fully saturated rings. The van der Waals surface area contributed by atoms with Gasteiger partial charge in [0.1, 0.15) is 0 Å². The normalized spacial score (nSPS) is 16.9. The van der Waals surface area contributed by atoms with Crippen LogP contribution in [0.2, 0.25) is 0 Å². The van der Waals surface area contributed by atoms with Crippen molar-refractivity contribution in [1.29, 1.82) is 0 Å². The minimum Gasteiger partial charge on any atom is -0.370 e. The molecule has 1 aromatic carbocycles. The van der Waals surface area contributed by atoms with E-state index in [0.717, 1.165) is 5.56 Å². The van der Waals surface area contributed by atoms with Crippen LogP contribution in [0.4, 0.5) is 5.69 Å². The molecule has 0 aromatic heterocycles. The van der Waals surface area contributed by atoms with Crippen LogP contribution in [-0.4, -0.2) is 31.1 Å². The SMILES string of the molecule is NC(=O)CC(N)C(=O)Nc1cccc(C2OCCO2)c1. The van der Waals surface area contributed by atoms with Crippen LogP contribution in [0.15, 0.2) is 24.3 Å². The van der Waals surface area contributed by atoms with E-state index in [1.165, 1.54) is 0 Å². The fourth-order valence-electron chi connectivity index (χ4n) is 1.86. The number of hydrogen-bond donors (Lipinski definition) is 3. The number of benzene rings is 1. The number of amides is 2. The molecule has 20 heavy (non-hydrogen) atoms. The van der Waals surface area contributed by atoms with Gasteiger partial charge in [-0.1, -0.05) is 12.1 Å². The molecule has 1 unspecified atom stereocenters. The number of nitrogens with two attached hydrogens (primary N) is 2. The zero-order valence-electron chi connectivity index (χ0n) is 10.9. The van der Waals surface area contributed by atoms with Gasteiger partial charge in [0.25, 0.3) is 0 Å². The van der Waals surface area contributed by atoms with Gasteiger partial charge in [0, 0.05) is 11.3 Å². The van der Waals surface area contributed by atoms with Crippen LogP contribution in [0, 0.1) is 0 Å². The Balaban J connectivity index is 2.00. The third kappa shape index (κ3) is 3.77. The second-order valence-electron chi connectivity index (χ2n) is 4.47. The summed E-state index contributed by atoms with van der Waals surface area (Å²) < 4.78 is 10.8. The van der Waals surface area contributed by atoms with Gasteiger partial charge in [-0.25, -0.2) is 0 Å². The molecule has 7 nitrogen and oxygen atoms in total. The number of rotatable bonds is 5. The summed E-state index contributed by atoms with van der Waals surface area (Å²) in [5, 5.41) is 2.63. The Morgan fingerprint density at radius 2 is 2.05 bits per heavy atom. The zero-order valence-corrected chi connectivity index (χ0v) is 10.9. The molecule has 108 valence electrons. The molecule has 7 heteroatoms. The van der Waals surface area contributed by atoms with Crippen molar-refractivity contribution in [3.8, 4) is 0 Å². The first-order valence-electron chi connectivity index (χ1n) is 6.24. The second-order valence-corrected chi connectivity index (χ2v) is 4.47. The number of primary amides is 1. The number of hydrogen-bond acceptors (Lipinski definition) is 5. The van der Waals surface area contributed by atoms with Gasteiger partial charge in [0.05, 0.1) is 25.7 Å². The van der Waals surface area contributed by atoms with E-state index in [9.17, 15) is 9.59 Å². The highest BCUT2D eigenvalue weighted by molar-refractivity contribution is 5.97. The van der Waals surface area contributed by atoms with Crippen LogP contribution in [0.5, 0.6) is 0 Å². The molecule has 1 heterocycles. The first-order valence-corrected chi connectivity index (χ1v) is 6.24. The number of carbonyl (C=O) groups is 2. The van der Waals surface area contributed by atoms with Crippen molar-refractivity contribution in [2.45, 2.75) is 18.8 Å². The average Bonchev–Trinajstić information content (AvgIpc) is 2.92. The molecular formula is C13H17N3O4. The van der Waals surface area contributed by atoms with Crippen molar-refractivity contribution >= 4 is 17.5 Å². The molecule has 2 rings (SSSR count). The minimum absolute atomic E-state index is 0.194. The molecule has 0 radical (unpaired) electrons. The number of anilines is 1. The van der Waals surface area contributed by atoms with Gasteiger partial charge in [-0.2, -0.15) is 0 Å². The van der Waals surface area contributed by atoms with Crippen molar-refractivity contribution in [1.82, 2.24) is 0 Å². The average molecular weight is 279 g/mol. The Kier molecular flexibility index (Phi) is 4.67. The second kappa shape index (κ2) is 6.47. The molecule has 1 aliphatic rings. The van der Waals surface area contributed by atoms with E-state index < -0.39 is 24.1 Å². The number of carbonyl (C=O) groups excluding carboxylic acids is 2. The molecule has 0 bridgehead atoms. The molecule has 1 aromatic rings. The lowest BCUT2D eigenvalue weighted by Gasteiger charge is -2.13. The third-order valence-electron chi connectivity index (χ3n) is 2.81. The summed E-state index contributed by atoms with van der Waals surface area (Å²) in [6, 6.07) is 6.11. The summed E-state index contributed by atoms with van der Waals surface area (Å²) in [6.07, 6.45) is -0.605. The van der Waals surface area contributed by atoms with Crippen LogP contribution < -0.4 is 16.8 Å². The van der Waals surface area contributed by atoms with Gasteiger partial charge in [0.15, 0.2) is 6.29 Å². The molecule has 0 saturated carbocycles. The van der Waals surface area contributed by atoms with E-state index in [4.69, 9.17) is 20.9 Å². The van der Waals surface area contributed by atoms with Gasteiger partial charge >= 0.3 is 0 Å². The van der Waals surface area contributed by atoms with Gasteiger partial charge in [-0.05, 0) is 12.1 Å². The van der Waals surface area contributed by atoms with E-state index in [0.29, 0.717) is 18.9 Å². The quantitative estimate of drug-likeness (QED) is 0.694.